The molecule has 2 aromatic rings. The number of rotatable bonds is 8. The third kappa shape index (κ3) is 6.29. The van der Waals surface area contributed by atoms with Crippen molar-refractivity contribution >= 4 is 17.5 Å². The van der Waals surface area contributed by atoms with E-state index < -0.39 is 29.4 Å². The van der Waals surface area contributed by atoms with Crippen molar-refractivity contribution in [3.05, 3.63) is 55.8 Å². The van der Waals surface area contributed by atoms with Gasteiger partial charge in [0.2, 0.25) is 0 Å². The van der Waals surface area contributed by atoms with Crippen LogP contribution in [-0.4, -0.2) is 62.9 Å². The first-order valence-corrected chi connectivity index (χ1v) is 11.3. The number of hydrogen-bond acceptors (Lipinski definition) is 7. The lowest BCUT2D eigenvalue weighted by Gasteiger charge is -2.21. The largest absolute Gasteiger partial charge is 0.393 e. The van der Waals surface area contributed by atoms with Gasteiger partial charge in [-0.15, -0.1) is 0 Å². The molecular weight excluding hydrogens is 452 g/mol. The Morgan fingerprint density at radius 2 is 2.06 bits per heavy atom. The summed E-state index contributed by atoms with van der Waals surface area (Å²) in [4.78, 5) is 37.8. The van der Waals surface area contributed by atoms with Gasteiger partial charge in [0, 0.05) is 19.6 Å². The molecule has 0 unspecified atom stereocenters. The minimum absolute atomic E-state index is 0.0234. The zero-order valence-electron chi connectivity index (χ0n) is 18.4. The smallest absolute Gasteiger partial charge is 0.352 e. The van der Waals surface area contributed by atoms with Crippen molar-refractivity contribution in [1.82, 2.24) is 19.7 Å². The van der Waals surface area contributed by atoms with Gasteiger partial charge in [-0.05, 0) is 31.0 Å². The van der Waals surface area contributed by atoms with Gasteiger partial charge in [0.1, 0.15) is 6.20 Å². The van der Waals surface area contributed by atoms with E-state index in [1.165, 1.54) is 25.3 Å². The zero-order valence-corrected chi connectivity index (χ0v) is 19.2. The van der Waals surface area contributed by atoms with Crippen molar-refractivity contribution in [2.75, 3.05) is 20.3 Å². The first-order valence-electron chi connectivity index (χ1n) is 10.9. The molecule has 33 heavy (non-hydrogen) atoms. The molecule has 0 spiro atoms. The highest BCUT2D eigenvalue weighted by Crippen LogP contribution is 2.24. The van der Waals surface area contributed by atoms with Gasteiger partial charge in [-0.25, -0.2) is 4.79 Å². The van der Waals surface area contributed by atoms with Crippen LogP contribution in [0.1, 0.15) is 42.5 Å². The molecule has 1 amide bonds. The van der Waals surface area contributed by atoms with E-state index in [0.717, 1.165) is 47.5 Å². The number of aromatic nitrogens is 3. The standard InChI is InChI=1S/C22H29ClN4O6/c1-33-13-16(28)12-26-20(30)11-25-27(22(26)32)15-7-8-18(23)17(9-15)21(31)24-10-14-5-3-2-4-6-19(14)29/h7-9,11,14,16,19,28-29H,2-6,10,12-13H2,1H3,(H,24,31)/t14-,16-,19-/m1/s1. The number of ether oxygens (including phenoxy) is 1. The van der Waals surface area contributed by atoms with Crippen molar-refractivity contribution in [2.45, 2.75) is 50.9 Å². The molecule has 0 radical (unpaired) electrons. The molecule has 10 nitrogen and oxygen atoms in total. The van der Waals surface area contributed by atoms with E-state index in [9.17, 15) is 24.6 Å². The molecule has 11 heteroatoms. The Bertz CT molecular complexity index is 1090. The van der Waals surface area contributed by atoms with Gasteiger partial charge in [0.05, 0.1) is 41.6 Å². The van der Waals surface area contributed by atoms with Crippen LogP contribution in [0.2, 0.25) is 5.02 Å². The number of aliphatic hydroxyl groups excluding tert-OH is 2. The van der Waals surface area contributed by atoms with Gasteiger partial charge in [-0.3, -0.25) is 14.2 Å². The monoisotopic (exact) mass is 480 g/mol. The summed E-state index contributed by atoms with van der Waals surface area (Å²) in [7, 11) is 1.40. The van der Waals surface area contributed by atoms with Crippen LogP contribution in [0.4, 0.5) is 0 Å². The maximum absolute atomic E-state index is 12.8. The maximum atomic E-state index is 12.8. The Morgan fingerprint density at radius 3 is 2.82 bits per heavy atom. The van der Waals surface area contributed by atoms with Gasteiger partial charge < -0.3 is 20.3 Å². The summed E-state index contributed by atoms with van der Waals surface area (Å²) in [5.41, 5.74) is -1.06. The summed E-state index contributed by atoms with van der Waals surface area (Å²) in [5, 5.41) is 27.1. The van der Waals surface area contributed by atoms with Gasteiger partial charge in [0.25, 0.3) is 11.5 Å². The molecular formula is C22H29ClN4O6. The molecule has 1 fully saturated rings. The lowest BCUT2D eigenvalue weighted by atomic mass is 9.97. The molecule has 3 rings (SSSR count). The van der Waals surface area contributed by atoms with Crippen LogP contribution in [0.5, 0.6) is 0 Å². The topological polar surface area (TPSA) is 136 Å². The van der Waals surface area contributed by atoms with E-state index in [4.69, 9.17) is 16.3 Å². The third-order valence-corrected chi connectivity index (χ3v) is 6.13. The molecule has 0 bridgehead atoms. The Labute approximate surface area is 195 Å². The fraction of sp³-hybridized carbons (Fsp3) is 0.545. The maximum Gasteiger partial charge on any atom is 0.352 e. The van der Waals surface area contributed by atoms with E-state index in [2.05, 4.69) is 10.4 Å². The van der Waals surface area contributed by atoms with Gasteiger partial charge in [0.15, 0.2) is 0 Å². The minimum Gasteiger partial charge on any atom is -0.393 e. The fourth-order valence-corrected chi connectivity index (χ4v) is 4.18. The predicted octanol–water partition coefficient (Wildman–Crippen LogP) is 0.726. The second kappa shape index (κ2) is 11.6. The van der Waals surface area contributed by atoms with Crippen LogP contribution in [0, 0.1) is 5.92 Å². The van der Waals surface area contributed by atoms with Crippen LogP contribution in [0.25, 0.3) is 5.69 Å². The SMILES string of the molecule is COC[C@H](O)Cn1c(=O)cnn(-c2ccc(Cl)c(C(=O)NC[C@H]3CCCCC[C@H]3O)c2)c1=O. The van der Waals surface area contributed by atoms with Crippen LogP contribution in [-0.2, 0) is 11.3 Å². The Hall–Kier alpha value is -2.53. The number of nitrogens with zero attached hydrogens (tertiary/aromatic N) is 3. The van der Waals surface area contributed by atoms with Crippen LogP contribution in [0.3, 0.4) is 0 Å². The molecule has 0 saturated heterocycles. The summed E-state index contributed by atoms with van der Waals surface area (Å²) in [6.07, 6.45) is 4.08. The normalized spacial score (nSPS) is 19.6. The second-order valence-corrected chi connectivity index (χ2v) is 8.64. The number of methoxy groups -OCH3 is 1. The first-order chi connectivity index (χ1) is 15.8. The van der Waals surface area contributed by atoms with Crippen molar-refractivity contribution in [2.24, 2.45) is 5.92 Å². The Morgan fingerprint density at radius 1 is 1.30 bits per heavy atom. The first kappa shape index (κ1) is 25.1. The molecule has 0 aliphatic heterocycles. The van der Waals surface area contributed by atoms with E-state index in [1.807, 2.05) is 0 Å². The number of nitrogens with one attached hydrogen (secondary N) is 1. The predicted molar refractivity (Wildman–Crippen MR) is 122 cm³/mol. The average molecular weight is 481 g/mol. The van der Waals surface area contributed by atoms with E-state index >= 15 is 0 Å². The fourth-order valence-electron chi connectivity index (χ4n) is 3.98. The number of hydrogen-bond donors (Lipinski definition) is 3. The highest BCUT2D eigenvalue weighted by atomic mass is 35.5. The second-order valence-electron chi connectivity index (χ2n) is 8.24. The molecule has 180 valence electrons. The molecule has 1 aliphatic carbocycles. The third-order valence-electron chi connectivity index (χ3n) is 5.80. The molecule has 1 aromatic heterocycles. The van der Waals surface area contributed by atoms with Crippen molar-refractivity contribution in [3.8, 4) is 5.69 Å². The molecule has 3 atom stereocenters. The number of amides is 1. The summed E-state index contributed by atoms with van der Waals surface area (Å²) < 4.78 is 6.65. The van der Waals surface area contributed by atoms with Crippen LogP contribution in [0.15, 0.2) is 34.0 Å². The summed E-state index contributed by atoms with van der Waals surface area (Å²) in [6, 6.07) is 4.38. The summed E-state index contributed by atoms with van der Waals surface area (Å²) >= 11 is 6.23. The van der Waals surface area contributed by atoms with Crippen molar-refractivity contribution in [3.63, 3.8) is 0 Å². The number of carbonyl (C=O) groups excluding carboxylic acids is 1. The average Bonchev–Trinajstić information content (AvgIpc) is 2.99. The number of carbonyl (C=O) groups is 1. The lowest BCUT2D eigenvalue weighted by Crippen LogP contribution is -2.43. The molecule has 3 N–H and O–H groups in total. The summed E-state index contributed by atoms with van der Waals surface area (Å²) in [5.74, 6) is -0.458. The summed E-state index contributed by atoms with van der Waals surface area (Å²) in [6.45, 7) is 0.00878. The van der Waals surface area contributed by atoms with Crippen LogP contribution < -0.4 is 16.6 Å². The Balaban J connectivity index is 1.83. The number of aliphatic hydroxyl groups is 2. The van der Waals surface area contributed by atoms with Gasteiger partial charge in [-0.1, -0.05) is 30.9 Å². The molecule has 1 aliphatic rings. The lowest BCUT2D eigenvalue weighted by molar-refractivity contribution is 0.0519. The van der Waals surface area contributed by atoms with E-state index in [0.29, 0.717) is 6.54 Å². The number of halogens is 1. The highest BCUT2D eigenvalue weighted by molar-refractivity contribution is 6.33. The van der Waals surface area contributed by atoms with E-state index in [-0.39, 0.29) is 35.3 Å². The molecule has 1 heterocycles. The quantitative estimate of drug-likeness (QED) is 0.474. The van der Waals surface area contributed by atoms with Crippen molar-refractivity contribution < 1.29 is 19.7 Å². The highest BCUT2D eigenvalue weighted by Gasteiger charge is 2.23. The van der Waals surface area contributed by atoms with Gasteiger partial charge >= 0.3 is 5.69 Å². The van der Waals surface area contributed by atoms with Crippen molar-refractivity contribution in [1.29, 1.82) is 0 Å². The zero-order chi connectivity index (χ0) is 24.0. The Kier molecular flexibility index (Phi) is 8.79. The molecule has 1 saturated carbocycles. The van der Waals surface area contributed by atoms with E-state index in [1.54, 1.807) is 0 Å². The minimum atomic E-state index is -1.05. The molecule has 1 aromatic carbocycles. The van der Waals surface area contributed by atoms with Crippen LogP contribution >= 0.6 is 11.6 Å². The number of benzene rings is 1. The van der Waals surface area contributed by atoms with Gasteiger partial charge in [-0.2, -0.15) is 9.78 Å².